The number of hydrogen-bond acceptors (Lipinski definition) is 2. The van der Waals surface area contributed by atoms with Crippen LogP contribution in [0.1, 0.15) is 31.7 Å². The number of rotatable bonds is 5. The summed E-state index contributed by atoms with van der Waals surface area (Å²) in [5.41, 5.74) is 2.30. The zero-order valence-electron chi connectivity index (χ0n) is 9.38. The fourth-order valence-electron chi connectivity index (χ4n) is 1.62. The number of aromatic nitrogens is 1. The molecule has 1 aromatic heterocycles. The second-order valence-electron chi connectivity index (χ2n) is 3.64. The lowest BCUT2D eigenvalue weighted by atomic mass is 10.1. The molecule has 0 amide bonds. The van der Waals surface area contributed by atoms with Crippen LogP contribution in [0.5, 0.6) is 0 Å². The minimum atomic E-state index is 0.564. The van der Waals surface area contributed by atoms with Crippen LogP contribution in [0.2, 0.25) is 0 Å². The van der Waals surface area contributed by atoms with Crippen molar-refractivity contribution in [3.05, 3.63) is 29.6 Å². The van der Waals surface area contributed by atoms with Crippen LogP contribution >= 0.6 is 0 Å². The molecular weight excluding hydrogens is 172 g/mol. The van der Waals surface area contributed by atoms with Crippen molar-refractivity contribution in [2.24, 2.45) is 0 Å². The molecule has 78 valence electrons. The van der Waals surface area contributed by atoms with Gasteiger partial charge in [0.15, 0.2) is 0 Å². The third-order valence-electron chi connectivity index (χ3n) is 2.39. The van der Waals surface area contributed by atoms with Crippen LogP contribution in [0.4, 0.5) is 0 Å². The standard InChI is InChI=1S/C12H20N2/c1-4-11(13-5-2)9-12-8-6-7-10(3)14-12/h6-8,11,13H,4-5,9H2,1-3H3. The fraction of sp³-hybridized carbons (Fsp3) is 0.583. The first kappa shape index (κ1) is 11.2. The Hall–Kier alpha value is -0.890. The second kappa shape index (κ2) is 5.76. The minimum Gasteiger partial charge on any atom is -0.314 e. The molecule has 14 heavy (non-hydrogen) atoms. The van der Waals surface area contributed by atoms with E-state index in [2.05, 4.69) is 36.3 Å². The second-order valence-corrected chi connectivity index (χ2v) is 3.64. The molecule has 1 heterocycles. The van der Waals surface area contributed by atoms with Gasteiger partial charge in [0.1, 0.15) is 0 Å². The Morgan fingerprint density at radius 1 is 1.36 bits per heavy atom. The van der Waals surface area contributed by atoms with Crippen molar-refractivity contribution in [3.63, 3.8) is 0 Å². The normalized spacial score (nSPS) is 12.8. The number of aryl methyl sites for hydroxylation is 1. The Kier molecular flexibility index (Phi) is 4.60. The third-order valence-corrected chi connectivity index (χ3v) is 2.39. The van der Waals surface area contributed by atoms with Crippen LogP contribution in [-0.2, 0) is 6.42 Å². The maximum Gasteiger partial charge on any atom is 0.0422 e. The molecule has 1 rings (SSSR count). The van der Waals surface area contributed by atoms with Gasteiger partial charge in [0, 0.05) is 23.9 Å². The third kappa shape index (κ3) is 3.46. The first-order valence-corrected chi connectivity index (χ1v) is 5.42. The average Bonchev–Trinajstić information content (AvgIpc) is 2.17. The molecule has 0 aliphatic rings. The Morgan fingerprint density at radius 2 is 2.14 bits per heavy atom. The van der Waals surface area contributed by atoms with E-state index in [9.17, 15) is 0 Å². The number of hydrogen-bond donors (Lipinski definition) is 1. The summed E-state index contributed by atoms with van der Waals surface area (Å²) in [4.78, 5) is 4.50. The topological polar surface area (TPSA) is 24.9 Å². The van der Waals surface area contributed by atoms with E-state index in [-0.39, 0.29) is 0 Å². The molecule has 0 saturated carbocycles. The lowest BCUT2D eigenvalue weighted by Gasteiger charge is -2.15. The average molecular weight is 192 g/mol. The van der Waals surface area contributed by atoms with Gasteiger partial charge in [-0.2, -0.15) is 0 Å². The van der Waals surface area contributed by atoms with E-state index >= 15 is 0 Å². The first-order chi connectivity index (χ1) is 6.76. The molecule has 0 fully saturated rings. The minimum absolute atomic E-state index is 0.564. The molecule has 0 bridgehead atoms. The summed E-state index contributed by atoms with van der Waals surface area (Å²) in [6, 6.07) is 6.79. The van der Waals surface area contributed by atoms with Gasteiger partial charge in [0.2, 0.25) is 0 Å². The van der Waals surface area contributed by atoms with Crippen LogP contribution in [-0.4, -0.2) is 17.6 Å². The molecule has 0 aliphatic carbocycles. The van der Waals surface area contributed by atoms with Crippen molar-refractivity contribution in [3.8, 4) is 0 Å². The fourth-order valence-corrected chi connectivity index (χ4v) is 1.62. The van der Waals surface area contributed by atoms with E-state index in [1.165, 1.54) is 5.69 Å². The summed E-state index contributed by atoms with van der Waals surface area (Å²) < 4.78 is 0. The van der Waals surface area contributed by atoms with Crippen LogP contribution in [0.15, 0.2) is 18.2 Å². The van der Waals surface area contributed by atoms with E-state index in [1.807, 2.05) is 13.0 Å². The summed E-state index contributed by atoms with van der Waals surface area (Å²) in [5, 5.41) is 3.46. The maximum atomic E-state index is 4.50. The summed E-state index contributed by atoms with van der Waals surface area (Å²) >= 11 is 0. The number of pyridine rings is 1. The van der Waals surface area contributed by atoms with Crippen molar-refractivity contribution in [2.45, 2.75) is 39.7 Å². The Balaban J connectivity index is 2.57. The van der Waals surface area contributed by atoms with Gasteiger partial charge >= 0.3 is 0 Å². The SMILES string of the molecule is CCNC(CC)Cc1cccc(C)n1. The van der Waals surface area contributed by atoms with Crippen LogP contribution < -0.4 is 5.32 Å². The van der Waals surface area contributed by atoms with Crippen molar-refractivity contribution >= 4 is 0 Å². The maximum absolute atomic E-state index is 4.50. The quantitative estimate of drug-likeness (QED) is 0.774. The Morgan fingerprint density at radius 3 is 2.71 bits per heavy atom. The van der Waals surface area contributed by atoms with E-state index in [1.54, 1.807) is 0 Å². The predicted octanol–water partition coefficient (Wildman–Crippen LogP) is 2.32. The summed E-state index contributed by atoms with van der Waals surface area (Å²) in [6.45, 7) is 7.43. The molecule has 2 nitrogen and oxygen atoms in total. The number of likely N-dealkylation sites (N-methyl/N-ethyl adjacent to an activating group) is 1. The summed E-state index contributed by atoms with van der Waals surface area (Å²) in [7, 11) is 0. The molecule has 1 atom stereocenters. The van der Waals surface area contributed by atoms with Crippen molar-refractivity contribution in [1.82, 2.24) is 10.3 Å². The zero-order valence-corrected chi connectivity index (χ0v) is 9.38. The van der Waals surface area contributed by atoms with Gasteiger partial charge in [-0.05, 0) is 32.0 Å². The summed E-state index contributed by atoms with van der Waals surface area (Å²) in [6.07, 6.45) is 2.19. The Bertz CT molecular complexity index is 271. The molecule has 1 aromatic rings. The lowest BCUT2D eigenvalue weighted by Crippen LogP contribution is -2.30. The van der Waals surface area contributed by atoms with Crippen LogP contribution in [0.3, 0.4) is 0 Å². The van der Waals surface area contributed by atoms with E-state index < -0.39 is 0 Å². The summed E-state index contributed by atoms with van der Waals surface area (Å²) in [5.74, 6) is 0. The Labute approximate surface area is 86.8 Å². The molecule has 1 unspecified atom stereocenters. The highest BCUT2D eigenvalue weighted by Crippen LogP contribution is 2.04. The van der Waals surface area contributed by atoms with Gasteiger partial charge < -0.3 is 5.32 Å². The first-order valence-electron chi connectivity index (χ1n) is 5.42. The van der Waals surface area contributed by atoms with Crippen molar-refractivity contribution in [2.75, 3.05) is 6.54 Å². The predicted molar refractivity (Wildman–Crippen MR) is 60.4 cm³/mol. The molecule has 0 radical (unpaired) electrons. The molecule has 1 N–H and O–H groups in total. The monoisotopic (exact) mass is 192 g/mol. The van der Waals surface area contributed by atoms with Gasteiger partial charge in [-0.3, -0.25) is 4.98 Å². The highest BCUT2D eigenvalue weighted by molar-refractivity contribution is 5.10. The van der Waals surface area contributed by atoms with Gasteiger partial charge in [0.25, 0.3) is 0 Å². The van der Waals surface area contributed by atoms with Crippen LogP contribution in [0.25, 0.3) is 0 Å². The van der Waals surface area contributed by atoms with E-state index in [0.717, 1.165) is 25.1 Å². The largest absolute Gasteiger partial charge is 0.314 e. The number of nitrogens with one attached hydrogen (secondary N) is 1. The van der Waals surface area contributed by atoms with Gasteiger partial charge in [-0.1, -0.05) is 19.9 Å². The molecular formula is C12H20N2. The zero-order chi connectivity index (χ0) is 10.4. The van der Waals surface area contributed by atoms with Crippen LogP contribution in [0, 0.1) is 6.92 Å². The molecule has 2 heteroatoms. The highest BCUT2D eigenvalue weighted by Gasteiger charge is 2.06. The van der Waals surface area contributed by atoms with Gasteiger partial charge in [0.05, 0.1) is 0 Å². The molecule has 0 aliphatic heterocycles. The number of nitrogens with zero attached hydrogens (tertiary/aromatic N) is 1. The molecule has 0 aromatic carbocycles. The smallest absolute Gasteiger partial charge is 0.0422 e. The van der Waals surface area contributed by atoms with Crippen molar-refractivity contribution < 1.29 is 0 Å². The molecule has 0 saturated heterocycles. The van der Waals surface area contributed by atoms with E-state index in [0.29, 0.717) is 6.04 Å². The highest BCUT2D eigenvalue weighted by atomic mass is 14.9. The molecule has 0 spiro atoms. The van der Waals surface area contributed by atoms with Crippen molar-refractivity contribution in [1.29, 1.82) is 0 Å². The van der Waals surface area contributed by atoms with Gasteiger partial charge in [-0.15, -0.1) is 0 Å². The lowest BCUT2D eigenvalue weighted by molar-refractivity contribution is 0.505. The van der Waals surface area contributed by atoms with Gasteiger partial charge in [-0.25, -0.2) is 0 Å². The van der Waals surface area contributed by atoms with E-state index in [4.69, 9.17) is 0 Å².